The molecule has 168 valence electrons. The number of nitrogens with zero attached hydrogens (tertiary/aromatic N) is 2. The number of aliphatic hydroxyl groups excluding tert-OH is 1. The zero-order valence-corrected chi connectivity index (χ0v) is 18.3. The third-order valence-corrected chi connectivity index (χ3v) is 6.37. The minimum Gasteiger partial charge on any atom is -0.390 e. The van der Waals surface area contributed by atoms with Gasteiger partial charge in [-0.05, 0) is 37.0 Å². The van der Waals surface area contributed by atoms with Gasteiger partial charge in [0.15, 0.2) is 0 Å². The zero-order valence-electron chi connectivity index (χ0n) is 18.3. The Morgan fingerprint density at radius 3 is 2.53 bits per heavy atom. The first-order chi connectivity index (χ1) is 14.2. The normalized spacial score (nSPS) is 30.4. The quantitative estimate of drug-likeness (QED) is 0.314. The van der Waals surface area contributed by atoms with Crippen LogP contribution in [0, 0.1) is 11.3 Å². The van der Waals surface area contributed by atoms with Crippen LogP contribution < -0.4 is 5.43 Å². The van der Waals surface area contributed by atoms with E-state index < -0.39 is 36.5 Å². The van der Waals surface area contributed by atoms with Crippen molar-refractivity contribution >= 4 is 23.4 Å². The number of hydrogen-bond donors (Lipinski definition) is 3. The number of hydrogen-bond acceptors (Lipinski definition) is 6. The molecule has 0 radical (unpaired) electrons. The molecule has 1 saturated carbocycles. The minimum absolute atomic E-state index is 0.0811. The van der Waals surface area contributed by atoms with Gasteiger partial charge in [0.1, 0.15) is 12.1 Å². The summed E-state index contributed by atoms with van der Waals surface area (Å²) in [6.07, 6.45) is 9.15. The highest BCUT2D eigenvalue weighted by molar-refractivity contribution is 6.14. The fourth-order valence-electron chi connectivity index (χ4n) is 4.83. The van der Waals surface area contributed by atoms with Gasteiger partial charge >= 0.3 is 0 Å². The van der Waals surface area contributed by atoms with Crippen molar-refractivity contribution in [1.29, 1.82) is 0 Å². The van der Waals surface area contributed by atoms with Gasteiger partial charge in [-0.15, -0.1) is 0 Å². The van der Waals surface area contributed by atoms with Crippen LogP contribution in [0.4, 0.5) is 0 Å². The second kappa shape index (κ2) is 10.3. The maximum atomic E-state index is 12.2. The summed E-state index contributed by atoms with van der Waals surface area (Å²) < 4.78 is 0. The van der Waals surface area contributed by atoms with Crippen molar-refractivity contribution in [2.45, 2.75) is 77.7 Å². The van der Waals surface area contributed by atoms with E-state index in [1.165, 1.54) is 0 Å². The number of nitrogens with one attached hydrogen (secondary N) is 1. The number of imide groups is 1. The lowest BCUT2D eigenvalue weighted by atomic mass is 9.66. The largest absolute Gasteiger partial charge is 0.390 e. The Morgan fingerprint density at radius 1 is 1.30 bits per heavy atom. The Labute approximate surface area is 178 Å². The molecule has 3 N–H and O–H groups in total. The third-order valence-electron chi connectivity index (χ3n) is 6.37. The van der Waals surface area contributed by atoms with Crippen LogP contribution in [-0.2, 0) is 14.4 Å². The van der Waals surface area contributed by atoms with Gasteiger partial charge < -0.3 is 10.2 Å². The molecule has 0 aromatic carbocycles. The van der Waals surface area contributed by atoms with Crippen LogP contribution in [0.1, 0.15) is 72.1 Å². The smallest absolute Gasteiger partial charge is 0.260 e. The van der Waals surface area contributed by atoms with E-state index >= 15 is 0 Å². The summed E-state index contributed by atoms with van der Waals surface area (Å²) >= 11 is 0. The van der Waals surface area contributed by atoms with E-state index in [2.05, 4.69) is 31.3 Å². The molecule has 2 rings (SSSR count). The van der Waals surface area contributed by atoms with Crippen molar-refractivity contribution in [2.24, 2.45) is 16.4 Å². The van der Waals surface area contributed by atoms with E-state index in [0.717, 1.165) is 55.6 Å². The lowest BCUT2D eigenvalue weighted by Crippen LogP contribution is -2.48. The molecule has 8 heteroatoms. The average molecular weight is 422 g/mol. The lowest BCUT2D eigenvalue weighted by molar-refractivity contribution is -0.141. The SMILES string of the molecule is CCCC1(C)CCCC(CC)CC(O)(/C(CO)=N/NC(=O)CN2C(=O)C=CC2=O)C1. The summed E-state index contributed by atoms with van der Waals surface area (Å²) in [4.78, 5) is 36.2. The van der Waals surface area contributed by atoms with Crippen molar-refractivity contribution in [1.82, 2.24) is 10.3 Å². The Balaban J connectivity index is 2.18. The zero-order chi connectivity index (χ0) is 22.4. The molecule has 2 aliphatic rings. The maximum Gasteiger partial charge on any atom is 0.260 e. The van der Waals surface area contributed by atoms with Crippen LogP contribution in [-0.4, -0.2) is 57.3 Å². The first-order valence-corrected chi connectivity index (χ1v) is 10.9. The molecule has 1 aliphatic carbocycles. The highest BCUT2D eigenvalue weighted by Crippen LogP contribution is 2.44. The molecule has 1 aliphatic heterocycles. The van der Waals surface area contributed by atoms with Gasteiger partial charge in [-0.3, -0.25) is 19.3 Å². The molecular formula is C22H35N3O5. The lowest BCUT2D eigenvalue weighted by Gasteiger charge is -2.43. The summed E-state index contributed by atoms with van der Waals surface area (Å²) in [5.74, 6) is -1.47. The third kappa shape index (κ3) is 5.98. The highest BCUT2D eigenvalue weighted by atomic mass is 16.3. The Bertz CT molecular complexity index is 702. The standard InChI is InChI=1S/C22H35N3O5/c1-4-10-21(3)11-6-7-16(5-2)12-22(30,15-21)17(14-26)23-24-18(27)13-25-19(28)8-9-20(25)29/h8-9,16,26,30H,4-7,10-15H2,1-3H3,(H,24,27)/b23-17+. The summed E-state index contributed by atoms with van der Waals surface area (Å²) in [5.41, 5.74) is 1.02. The molecule has 3 atom stereocenters. The summed E-state index contributed by atoms with van der Waals surface area (Å²) in [5, 5.41) is 25.6. The van der Waals surface area contributed by atoms with E-state index in [9.17, 15) is 24.6 Å². The maximum absolute atomic E-state index is 12.2. The molecule has 0 bridgehead atoms. The van der Waals surface area contributed by atoms with Crippen LogP contribution in [0.25, 0.3) is 0 Å². The van der Waals surface area contributed by atoms with Crippen LogP contribution in [0.5, 0.6) is 0 Å². The predicted octanol–water partition coefficient (Wildman–Crippen LogP) is 1.90. The topological polar surface area (TPSA) is 119 Å². The first kappa shape index (κ1) is 24.2. The predicted molar refractivity (Wildman–Crippen MR) is 113 cm³/mol. The molecular weight excluding hydrogens is 386 g/mol. The molecule has 0 aromatic heterocycles. The van der Waals surface area contributed by atoms with Gasteiger partial charge in [0.2, 0.25) is 0 Å². The van der Waals surface area contributed by atoms with Gasteiger partial charge in [0.25, 0.3) is 17.7 Å². The van der Waals surface area contributed by atoms with E-state index in [1.807, 2.05) is 0 Å². The number of carbonyl (C=O) groups is 3. The van der Waals surface area contributed by atoms with E-state index in [-0.39, 0.29) is 11.1 Å². The average Bonchev–Trinajstić information content (AvgIpc) is 2.98. The minimum atomic E-state index is -1.33. The van der Waals surface area contributed by atoms with Gasteiger partial charge in [0, 0.05) is 12.2 Å². The van der Waals surface area contributed by atoms with Crippen LogP contribution in [0.2, 0.25) is 0 Å². The Kier molecular flexibility index (Phi) is 8.32. The van der Waals surface area contributed by atoms with Gasteiger partial charge in [0.05, 0.1) is 12.3 Å². The Morgan fingerprint density at radius 2 is 1.97 bits per heavy atom. The molecule has 1 heterocycles. The second-order valence-corrected chi connectivity index (χ2v) is 8.99. The molecule has 0 aromatic rings. The van der Waals surface area contributed by atoms with Crippen LogP contribution >= 0.6 is 0 Å². The van der Waals surface area contributed by atoms with Crippen molar-refractivity contribution in [3.05, 3.63) is 12.2 Å². The van der Waals surface area contributed by atoms with E-state index in [0.29, 0.717) is 18.8 Å². The van der Waals surface area contributed by atoms with E-state index in [4.69, 9.17) is 0 Å². The van der Waals surface area contributed by atoms with Crippen molar-refractivity contribution in [3.8, 4) is 0 Å². The van der Waals surface area contributed by atoms with Crippen LogP contribution in [0.15, 0.2) is 17.3 Å². The monoisotopic (exact) mass is 421 g/mol. The number of amides is 3. The van der Waals surface area contributed by atoms with Crippen molar-refractivity contribution in [3.63, 3.8) is 0 Å². The van der Waals surface area contributed by atoms with Crippen molar-refractivity contribution in [2.75, 3.05) is 13.2 Å². The second-order valence-electron chi connectivity index (χ2n) is 8.99. The van der Waals surface area contributed by atoms with Gasteiger partial charge in [-0.25, -0.2) is 5.43 Å². The number of aliphatic hydroxyl groups is 2. The molecule has 1 fully saturated rings. The number of carbonyl (C=O) groups excluding carboxylic acids is 3. The summed E-state index contributed by atoms with van der Waals surface area (Å²) in [7, 11) is 0. The fraction of sp³-hybridized carbons (Fsp3) is 0.727. The van der Waals surface area contributed by atoms with Crippen LogP contribution in [0.3, 0.4) is 0 Å². The van der Waals surface area contributed by atoms with E-state index in [1.54, 1.807) is 0 Å². The Hall–Kier alpha value is -2.06. The van der Waals surface area contributed by atoms with Crippen molar-refractivity contribution < 1.29 is 24.6 Å². The number of hydrazone groups is 1. The van der Waals surface area contributed by atoms with Gasteiger partial charge in [-0.2, -0.15) is 5.10 Å². The van der Waals surface area contributed by atoms with Gasteiger partial charge in [-0.1, -0.05) is 46.5 Å². The molecule has 8 nitrogen and oxygen atoms in total. The summed E-state index contributed by atoms with van der Waals surface area (Å²) in [6, 6.07) is 0. The first-order valence-electron chi connectivity index (χ1n) is 10.9. The fourth-order valence-corrected chi connectivity index (χ4v) is 4.83. The molecule has 0 spiro atoms. The molecule has 3 unspecified atom stereocenters. The summed E-state index contributed by atoms with van der Waals surface area (Å²) in [6.45, 7) is 5.43. The molecule has 3 amide bonds. The number of rotatable bonds is 8. The molecule has 30 heavy (non-hydrogen) atoms. The highest BCUT2D eigenvalue weighted by Gasteiger charge is 2.43. The molecule has 0 saturated heterocycles.